The highest BCUT2D eigenvalue weighted by Crippen LogP contribution is 2.13. The topological polar surface area (TPSA) is 89.3 Å². The van der Waals surface area contributed by atoms with Crippen LogP contribution in [0.15, 0.2) is 23.1 Å². The number of benzene rings is 1. The summed E-state index contributed by atoms with van der Waals surface area (Å²) in [6.07, 6.45) is 0. The SMILES string of the molecule is CC(C)CNC(=O)c1cc(F)cc(S(N)(=O)=O)c1. The van der Waals surface area contributed by atoms with Crippen molar-refractivity contribution in [2.45, 2.75) is 18.7 Å². The zero-order valence-electron chi connectivity index (χ0n) is 10.1. The fourth-order valence-corrected chi connectivity index (χ4v) is 1.83. The second-order valence-electron chi connectivity index (χ2n) is 4.32. The van der Waals surface area contributed by atoms with Crippen molar-refractivity contribution < 1.29 is 17.6 Å². The number of hydrogen-bond acceptors (Lipinski definition) is 3. The molecule has 7 heteroatoms. The summed E-state index contributed by atoms with van der Waals surface area (Å²) in [5.41, 5.74) is -0.0697. The van der Waals surface area contributed by atoms with E-state index in [9.17, 15) is 17.6 Å². The molecule has 0 aliphatic carbocycles. The average Bonchev–Trinajstić information content (AvgIpc) is 2.23. The molecule has 0 heterocycles. The van der Waals surface area contributed by atoms with Gasteiger partial charge in [-0.05, 0) is 24.1 Å². The van der Waals surface area contributed by atoms with Crippen molar-refractivity contribution in [3.8, 4) is 0 Å². The monoisotopic (exact) mass is 274 g/mol. The van der Waals surface area contributed by atoms with Crippen LogP contribution in [0, 0.1) is 11.7 Å². The second-order valence-corrected chi connectivity index (χ2v) is 5.89. The van der Waals surface area contributed by atoms with Crippen LogP contribution < -0.4 is 10.5 Å². The van der Waals surface area contributed by atoms with E-state index in [2.05, 4.69) is 5.32 Å². The molecule has 0 saturated heterocycles. The number of amides is 1. The maximum atomic E-state index is 13.2. The van der Waals surface area contributed by atoms with Crippen LogP contribution in [0.4, 0.5) is 4.39 Å². The van der Waals surface area contributed by atoms with Crippen molar-refractivity contribution >= 4 is 15.9 Å². The summed E-state index contributed by atoms with van der Waals surface area (Å²) in [5, 5.41) is 7.45. The Kier molecular flexibility index (Phi) is 4.42. The van der Waals surface area contributed by atoms with Crippen molar-refractivity contribution in [3.05, 3.63) is 29.6 Å². The summed E-state index contributed by atoms with van der Waals surface area (Å²) < 4.78 is 35.4. The smallest absolute Gasteiger partial charge is 0.251 e. The van der Waals surface area contributed by atoms with E-state index in [0.717, 1.165) is 18.2 Å². The molecule has 5 nitrogen and oxygen atoms in total. The number of nitrogens with two attached hydrogens (primary N) is 1. The van der Waals surface area contributed by atoms with Gasteiger partial charge in [0.1, 0.15) is 5.82 Å². The normalized spacial score (nSPS) is 11.6. The van der Waals surface area contributed by atoms with E-state index in [1.807, 2.05) is 13.8 Å². The van der Waals surface area contributed by atoms with E-state index in [0.29, 0.717) is 6.54 Å². The molecule has 100 valence electrons. The predicted octanol–water partition coefficient (Wildman–Crippen LogP) is 0.859. The third-order valence-corrected chi connectivity index (χ3v) is 3.03. The van der Waals surface area contributed by atoms with Crippen LogP contribution in [0.25, 0.3) is 0 Å². The van der Waals surface area contributed by atoms with Gasteiger partial charge in [-0.25, -0.2) is 17.9 Å². The van der Waals surface area contributed by atoms with Crippen LogP contribution >= 0.6 is 0 Å². The van der Waals surface area contributed by atoms with Gasteiger partial charge in [-0.2, -0.15) is 0 Å². The van der Waals surface area contributed by atoms with Gasteiger partial charge in [0.2, 0.25) is 10.0 Å². The average molecular weight is 274 g/mol. The number of rotatable bonds is 4. The van der Waals surface area contributed by atoms with Gasteiger partial charge < -0.3 is 5.32 Å². The second kappa shape index (κ2) is 5.45. The highest BCUT2D eigenvalue weighted by molar-refractivity contribution is 7.89. The quantitative estimate of drug-likeness (QED) is 0.853. The lowest BCUT2D eigenvalue weighted by Crippen LogP contribution is -2.27. The molecule has 0 spiro atoms. The first-order chi connectivity index (χ1) is 8.20. The number of hydrogen-bond donors (Lipinski definition) is 2. The van der Waals surface area contributed by atoms with Crippen LogP contribution in [0.1, 0.15) is 24.2 Å². The Bertz CT molecular complexity index is 555. The number of carbonyl (C=O) groups excluding carboxylic acids is 1. The maximum Gasteiger partial charge on any atom is 0.251 e. The molecule has 0 radical (unpaired) electrons. The number of primary sulfonamides is 1. The summed E-state index contributed by atoms with van der Waals surface area (Å²) >= 11 is 0. The summed E-state index contributed by atoms with van der Waals surface area (Å²) in [7, 11) is -4.03. The highest BCUT2D eigenvalue weighted by atomic mass is 32.2. The Morgan fingerprint density at radius 3 is 2.50 bits per heavy atom. The molecule has 0 aromatic heterocycles. The highest BCUT2D eigenvalue weighted by Gasteiger charge is 2.14. The first kappa shape index (κ1) is 14.6. The molecule has 18 heavy (non-hydrogen) atoms. The predicted molar refractivity (Wildman–Crippen MR) is 64.9 cm³/mol. The Morgan fingerprint density at radius 2 is 2.00 bits per heavy atom. The number of halogens is 1. The number of nitrogens with one attached hydrogen (secondary N) is 1. The van der Waals surface area contributed by atoms with Gasteiger partial charge in [0, 0.05) is 12.1 Å². The van der Waals surface area contributed by atoms with Crippen LogP contribution in [0.3, 0.4) is 0 Å². The van der Waals surface area contributed by atoms with Crippen molar-refractivity contribution in [2.24, 2.45) is 11.1 Å². The third-order valence-electron chi connectivity index (χ3n) is 2.13. The van der Waals surface area contributed by atoms with Crippen molar-refractivity contribution in [3.63, 3.8) is 0 Å². The summed E-state index contributed by atoms with van der Waals surface area (Å²) in [5.74, 6) is -1.12. The minimum atomic E-state index is -4.03. The Hall–Kier alpha value is -1.47. The van der Waals surface area contributed by atoms with Gasteiger partial charge in [-0.1, -0.05) is 13.8 Å². The van der Waals surface area contributed by atoms with E-state index in [1.54, 1.807) is 0 Å². The van der Waals surface area contributed by atoms with Gasteiger partial charge in [0.25, 0.3) is 5.91 Å². The maximum absolute atomic E-state index is 13.2. The Labute approximate surface area is 105 Å². The lowest BCUT2D eigenvalue weighted by molar-refractivity contribution is 0.0948. The van der Waals surface area contributed by atoms with Crippen molar-refractivity contribution in [1.29, 1.82) is 0 Å². The molecule has 0 aliphatic heterocycles. The van der Waals surface area contributed by atoms with Gasteiger partial charge in [0.15, 0.2) is 0 Å². The summed E-state index contributed by atoms with van der Waals surface area (Å²) in [6.45, 7) is 4.23. The molecular weight excluding hydrogens is 259 g/mol. The van der Waals surface area contributed by atoms with Gasteiger partial charge in [0.05, 0.1) is 4.90 Å². The van der Waals surface area contributed by atoms with Crippen LogP contribution in [0.5, 0.6) is 0 Å². The summed E-state index contributed by atoms with van der Waals surface area (Å²) in [6, 6.07) is 2.78. The van der Waals surface area contributed by atoms with E-state index in [-0.39, 0.29) is 11.5 Å². The molecular formula is C11H15FN2O3S. The molecule has 0 fully saturated rings. The lowest BCUT2D eigenvalue weighted by Gasteiger charge is -2.08. The number of sulfonamides is 1. The molecule has 0 atom stereocenters. The standard InChI is InChI=1S/C11H15FN2O3S/c1-7(2)6-14-11(15)8-3-9(12)5-10(4-8)18(13,16)17/h3-5,7H,6H2,1-2H3,(H,14,15)(H2,13,16,17). The fraction of sp³-hybridized carbons (Fsp3) is 0.364. The molecule has 0 aliphatic rings. The largest absolute Gasteiger partial charge is 0.352 e. The van der Waals surface area contributed by atoms with Gasteiger partial charge >= 0.3 is 0 Å². The van der Waals surface area contributed by atoms with E-state index < -0.39 is 26.6 Å². The molecule has 0 bridgehead atoms. The number of carbonyl (C=O) groups is 1. The molecule has 1 aromatic carbocycles. The van der Waals surface area contributed by atoms with Gasteiger partial charge in [-0.3, -0.25) is 4.79 Å². The minimum absolute atomic E-state index is 0.0697. The molecule has 1 amide bonds. The van der Waals surface area contributed by atoms with E-state index in [4.69, 9.17) is 5.14 Å². The van der Waals surface area contributed by atoms with E-state index >= 15 is 0 Å². The molecule has 0 unspecified atom stereocenters. The molecule has 1 aromatic rings. The zero-order valence-corrected chi connectivity index (χ0v) is 10.9. The fourth-order valence-electron chi connectivity index (χ4n) is 1.26. The Balaban J connectivity index is 3.03. The zero-order chi connectivity index (χ0) is 13.9. The molecule has 1 rings (SSSR count). The minimum Gasteiger partial charge on any atom is -0.352 e. The molecule has 3 N–H and O–H groups in total. The first-order valence-corrected chi connectivity index (χ1v) is 6.86. The van der Waals surface area contributed by atoms with Crippen LogP contribution in [-0.4, -0.2) is 20.9 Å². The lowest BCUT2D eigenvalue weighted by atomic mass is 10.2. The van der Waals surface area contributed by atoms with E-state index in [1.165, 1.54) is 0 Å². The van der Waals surface area contributed by atoms with Gasteiger partial charge in [-0.15, -0.1) is 0 Å². The Morgan fingerprint density at radius 1 is 1.39 bits per heavy atom. The summed E-state index contributed by atoms with van der Waals surface area (Å²) in [4.78, 5) is 11.2. The molecule has 0 saturated carbocycles. The van der Waals surface area contributed by atoms with Crippen LogP contribution in [-0.2, 0) is 10.0 Å². The van der Waals surface area contributed by atoms with Crippen LogP contribution in [0.2, 0.25) is 0 Å². The first-order valence-electron chi connectivity index (χ1n) is 5.31. The van der Waals surface area contributed by atoms with Crippen molar-refractivity contribution in [1.82, 2.24) is 5.32 Å². The third kappa shape index (κ3) is 4.08. The van der Waals surface area contributed by atoms with Crippen molar-refractivity contribution in [2.75, 3.05) is 6.54 Å².